The normalized spacial score (nSPS) is 24.9. The van der Waals surface area contributed by atoms with Crippen molar-refractivity contribution < 1.29 is 0 Å². The minimum absolute atomic E-state index is 0.277. The number of nitrogens with zero attached hydrogens (tertiary/aromatic N) is 2. The maximum absolute atomic E-state index is 11.5. The molecular weight excluding hydrogens is 262 g/mol. The molecule has 4 nitrogen and oxygen atoms in total. The minimum atomic E-state index is -0.291. The highest BCUT2D eigenvalue weighted by Crippen LogP contribution is 2.37. The summed E-state index contributed by atoms with van der Waals surface area (Å²) in [6.45, 7) is 2.02. The molecule has 1 aromatic heterocycles. The van der Waals surface area contributed by atoms with Gasteiger partial charge in [-0.3, -0.25) is 4.79 Å². The molecule has 1 N–H and O–H groups in total. The predicted molar refractivity (Wildman–Crippen MR) is 76.8 cm³/mol. The number of rotatable bonds is 2. The Morgan fingerprint density at radius 2 is 2.00 bits per heavy atom. The molecule has 0 amide bonds. The lowest BCUT2D eigenvalue weighted by Gasteiger charge is -2.27. The first-order valence-electron chi connectivity index (χ1n) is 7.24. The number of hydrogen-bond acceptors (Lipinski definition) is 3. The van der Waals surface area contributed by atoms with E-state index in [9.17, 15) is 4.79 Å². The molecule has 2 heterocycles. The lowest BCUT2D eigenvalue weighted by molar-refractivity contribution is 0.265. The first kappa shape index (κ1) is 13.0. The quantitative estimate of drug-likeness (QED) is 0.907. The van der Waals surface area contributed by atoms with Crippen molar-refractivity contribution in [2.75, 3.05) is 18.0 Å². The second kappa shape index (κ2) is 5.53. The smallest absolute Gasteiger partial charge is 0.285 e. The third kappa shape index (κ3) is 2.64. The summed E-state index contributed by atoms with van der Waals surface area (Å²) >= 11 is 6.08. The van der Waals surface area contributed by atoms with Crippen LogP contribution in [0, 0.1) is 11.8 Å². The summed E-state index contributed by atoms with van der Waals surface area (Å²) in [7, 11) is 0. The molecule has 5 heteroatoms. The Labute approximate surface area is 118 Å². The van der Waals surface area contributed by atoms with Crippen LogP contribution >= 0.6 is 11.6 Å². The van der Waals surface area contributed by atoms with Crippen molar-refractivity contribution in [2.24, 2.45) is 11.8 Å². The first-order valence-corrected chi connectivity index (χ1v) is 7.61. The second-order valence-corrected chi connectivity index (χ2v) is 6.17. The van der Waals surface area contributed by atoms with E-state index in [1.807, 2.05) is 0 Å². The summed E-state index contributed by atoms with van der Waals surface area (Å²) in [4.78, 5) is 13.7. The molecule has 1 aliphatic heterocycles. The van der Waals surface area contributed by atoms with Gasteiger partial charge in [0.15, 0.2) is 0 Å². The van der Waals surface area contributed by atoms with Gasteiger partial charge in [-0.05, 0) is 18.3 Å². The summed E-state index contributed by atoms with van der Waals surface area (Å²) in [5.41, 5.74) is 0.504. The summed E-state index contributed by atoms with van der Waals surface area (Å²) in [6, 6.07) is 0. The Kier molecular flexibility index (Phi) is 3.78. The number of anilines is 1. The fraction of sp³-hybridized carbons (Fsp3) is 0.714. The summed E-state index contributed by atoms with van der Waals surface area (Å²) in [5, 5.41) is 6.51. The van der Waals surface area contributed by atoms with E-state index in [-0.39, 0.29) is 10.6 Å². The van der Waals surface area contributed by atoms with E-state index in [1.165, 1.54) is 38.5 Å². The maximum Gasteiger partial charge on any atom is 0.285 e. The lowest BCUT2D eigenvalue weighted by Crippen LogP contribution is -2.26. The number of H-pyrrole nitrogens is 1. The monoisotopic (exact) mass is 281 g/mol. The molecule has 1 aromatic rings. The molecule has 0 spiro atoms. The lowest BCUT2D eigenvalue weighted by atomic mass is 9.80. The van der Waals surface area contributed by atoms with Crippen molar-refractivity contribution in [3.63, 3.8) is 0 Å². The van der Waals surface area contributed by atoms with Gasteiger partial charge in [0.2, 0.25) is 0 Å². The van der Waals surface area contributed by atoms with Gasteiger partial charge in [-0.1, -0.05) is 43.7 Å². The Balaban J connectivity index is 1.71. The third-order valence-electron chi connectivity index (χ3n) is 4.66. The van der Waals surface area contributed by atoms with Crippen LogP contribution in [0.3, 0.4) is 0 Å². The molecule has 3 rings (SSSR count). The average molecular weight is 282 g/mol. The molecular formula is C14H20ClN3O. The van der Waals surface area contributed by atoms with E-state index in [0.29, 0.717) is 0 Å². The molecule has 2 fully saturated rings. The zero-order chi connectivity index (χ0) is 13.2. The highest BCUT2D eigenvalue weighted by atomic mass is 35.5. The zero-order valence-corrected chi connectivity index (χ0v) is 11.8. The van der Waals surface area contributed by atoms with Crippen LogP contribution < -0.4 is 10.5 Å². The Hall–Kier alpha value is -1.03. The SMILES string of the molecule is O=c1[nH]ncc(N2CCC(C3CCCCC3)C2)c1Cl. The van der Waals surface area contributed by atoms with Crippen molar-refractivity contribution in [1.29, 1.82) is 0 Å². The van der Waals surface area contributed by atoms with Gasteiger partial charge >= 0.3 is 0 Å². The second-order valence-electron chi connectivity index (χ2n) is 5.79. The molecule has 1 unspecified atom stereocenters. The fourth-order valence-electron chi connectivity index (χ4n) is 3.59. The van der Waals surface area contributed by atoms with Gasteiger partial charge < -0.3 is 4.90 Å². The van der Waals surface area contributed by atoms with Crippen LogP contribution in [0.25, 0.3) is 0 Å². The van der Waals surface area contributed by atoms with E-state index in [2.05, 4.69) is 15.1 Å². The van der Waals surface area contributed by atoms with Crippen LogP contribution in [0.4, 0.5) is 5.69 Å². The van der Waals surface area contributed by atoms with Crippen LogP contribution in [0.5, 0.6) is 0 Å². The first-order chi connectivity index (χ1) is 9.25. The number of aromatic amines is 1. The van der Waals surface area contributed by atoms with Crippen molar-refractivity contribution in [3.05, 3.63) is 21.6 Å². The highest BCUT2D eigenvalue weighted by Gasteiger charge is 2.31. The number of aromatic nitrogens is 2. The van der Waals surface area contributed by atoms with Crippen LogP contribution in [0.2, 0.25) is 5.02 Å². The van der Waals surface area contributed by atoms with Gasteiger partial charge in [-0.15, -0.1) is 0 Å². The van der Waals surface area contributed by atoms with E-state index in [1.54, 1.807) is 6.20 Å². The van der Waals surface area contributed by atoms with Crippen LogP contribution in [0.1, 0.15) is 38.5 Å². The Bertz CT molecular complexity index is 496. The van der Waals surface area contributed by atoms with Gasteiger partial charge in [0.25, 0.3) is 5.56 Å². The average Bonchev–Trinajstić information content (AvgIpc) is 2.92. The van der Waals surface area contributed by atoms with Gasteiger partial charge in [-0.25, -0.2) is 5.10 Å². The minimum Gasteiger partial charge on any atom is -0.369 e. The molecule has 0 radical (unpaired) electrons. The van der Waals surface area contributed by atoms with Crippen LogP contribution in [-0.4, -0.2) is 23.3 Å². The standard InChI is InChI=1S/C14H20ClN3O/c15-13-12(8-16-17-14(13)19)18-7-6-11(9-18)10-4-2-1-3-5-10/h8,10-11H,1-7,9H2,(H,17,19). The van der Waals surface area contributed by atoms with Crippen molar-refractivity contribution in [3.8, 4) is 0 Å². The van der Waals surface area contributed by atoms with E-state index in [4.69, 9.17) is 11.6 Å². The summed E-state index contributed by atoms with van der Waals surface area (Å²) < 4.78 is 0. The number of hydrogen-bond donors (Lipinski definition) is 1. The predicted octanol–water partition coefficient (Wildman–Crippen LogP) is 2.83. The van der Waals surface area contributed by atoms with Gasteiger partial charge in [0.05, 0.1) is 11.9 Å². The van der Waals surface area contributed by atoms with Crippen molar-refractivity contribution >= 4 is 17.3 Å². The molecule has 19 heavy (non-hydrogen) atoms. The Morgan fingerprint density at radius 3 is 2.79 bits per heavy atom. The molecule has 1 atom stereocenters. The fourth-order valence-corrected chi connectivity index (χ4v) is 3.80. The highest BCUT2D eigenvalue weighted by molar-refractivity contribution is 6.33. The van der Waals surface area contributed by atoms with Gasteiger partial charge in [0, 0.05) is 13.1 Å². The summed E-state index contributed by atoms with van der Waals surface area (Å²) in [6.07, 6.45) is 9.81. The zero-order valence-electron chi connectivity index (χ0n) is 11.1. The molecule has 1 aliphatic carbocycles. The molecule has 0 bridgehead atoms. The number of nitrogens with one attached hydrogen (secondary N) is 1. The molecule has 1 saturated carbocycles. The largest absolute Gasteiger partial charge is 0.369 e. The van der Waals surface area contributed by atoms with Gasteiger partial charge in [-0.2, -0.15) is 5.10 Å². The third-order valence-corrected chi connectivity index (χ3v) is 5.02. The van der Waals surface area contributed by atoms with E-state index >= 15 is 0 Å². The number of halogens is 1. The molecule has 1 saturated heterocycles. The van der Waals surface area contributed by atoms with E-state index in [0.717, 1.165) is 30.6 Å². The van der Waals surface area contributed by atoms with Crippen molar-refractivity contribution in [2.45, 2.75) is 38.5 Å². The molecule has 104 valence electrons. The Morgan fingerprint density at radius 1 is 1.21 bits per heavy atom. The molecule has 0 aromatic carbocycles. The van der Waals surface area contributed by atoms with Crippen LogP contribution in [0.15, 0.2) is 11.0 Å². The van der Waals surface area contributed by atoms with Crippen LogP contribution in [-0.2, 0) is 0 Å². The maximum atomic E-state index is 11.5. The van der Waals surface area contributed by atoms with E-state index < -0.39 is 0 Å². The topological polar surface area (TPSA) is 49.0 Å². The molecule has 2 aliphatic rings. The van der Waals surface area contributed by atoms with Crippen molar-refractivity contribution in [1.82, 2.24) is 10.2 Å². The summed E-state index contributed by atoms with van der Waals surface area (Å²) in [5.74, 6) is 1.63. The van der Waals surface area contributed by atoms with Gasteiger partial charge in [0.1, 0.15) is 5.02 Å².